The second-order valence-electron chi connectivity index (χ2n) is 3.50. The quantitative estimate of drug-likeness (QED) is 0.695. The van der Waals surface area contributed by atoms with Gasteiger partial charge in [-0.05, 0) is 24.0 Å². The zero-order valence-corrected chi connectivity index (χ0v) is 7.77. The third-order valence-electron chi connectivity index (χ3n) is 2.74. The molecule has 0 aliphatic heterocycles. The van der Waals surface area contributed by atoms with Crippen molar-refractivity contribution in [1.82, 2.24) is 5.32 Å². The van der Waals surface area contributed by atoms with Gasteiger partial charge in [0.15, 0.2) is 0 Å². The number of nitrogens with zero attached hydrogens (tertiary/aromatic N) is 1. The van der Waals surface area contributed by atoms with Gasteiger partial charge in [0, 0.05) is 13.1 Å². The molecule has 2 atom stereocenters. The molecule has 0 fully saturated rings. The molecule has 2 nitrogen and oxygen atoms in total. The maximum atomic E-state index is 9.73. The van der Waals surface area contributed by atoms with E-state index in [1.165, 1.54) is 5.56 Å². The van der Waals surface area contributed by atoms with E-state index in [0.717, 1.165) is 18.4 Å². The fraction of sp³-hybridized carbons (Fsp3) is 0.455. The number of fused-ring (bicyclic) bond motifs is 1. The molecule has 0 aromatic heterocycles. The minimum atomic E-state index is -0.283. The van der Waals surface area contributed by atoms with Crippen LogP contribution in [0.25, 0.3) is 0 Å². The van der Waals surface area contributed by atoms with E-state index in [1.54, 1.807) is 0 Å². The first-order valence-corrected chi connectivity index (χ1v) is 4.68. The van der Waals surface area contributed by atoms with Crippen molar-refractivity contribution in [2.24, 2.45) is 0 Å². The summed E-state index contributed by atoms with van der Waals surface area (Å²) in [5.41, 5.74) is 2.26. The van der Waals surface area contributed by atoms with E-state index in [4.69, 9.17) is 0 Å². The number of aliphatic hydroxyl groups is 1. The third-order valence-corrected chi connectivity index (χ3v) is 2.74. The summed E-state index contributed by atoms with van der Waals surface area (Å²) in [4.78, 5) is 0. The molecular formula is C11H14NO. The predicted octanol–water partition coefficient (Wildman–Crippen LogP) is 1.79. The number of hydrogen-bond donors (Lipinski definition) is 1. The Labute approximate surface area is 78.6 Å². The smallest absolute Gasteiger partial charge is 0.0794 e. The number of rotatable bonds is 1. The van der Waals surface area contributed by atoms with E-state index in [1.807, 2.05) is 25.2 Å². The lowest BCUT2D eigenvalue weighted by Crippen LogP contribution is -2.19. The van der Waals surface area contributed by atoms with Crippen LogP contribution < -0.4 is 5.32 Å². The summed E-state index contributed by atoms with van der Waals surface area (Å²) in [6.07, 6.45) is 1.52. The molecule has 1 radical (unpaired) electrons. The van der Waals surface area contributed by atoms with Crippen molar-refractivity contribution >= 4 is 0 Å². The summed E-state index contributed by atoms with van der Waals surface area (Å²) in [6.45, 7) is 0. The van der Waals surface area contributed by atoms with Gasteiger partial charge in [0.05, 0.1) is 6.10 Å². The second kappa shape index (κ2) is 3.48. The summed E-state index contributed by atoms with van der Waals surface area (Å²) < 4.78 is 0. The van der Waals surface area contributed by atoms with Crippen LogP contribution in [0.1, 0.15) is 36.1 Å². The molecule has 0 saturated carbocycles. The van der Waals surface area contributed by atoms with Crippen LogP contribution in [0.3, 0.4) is 0 Å². The van der Waals surface area contributed by atoms with Crippen LogP contribution in [0.15, 0.2) is 24.3 Å². The first-order valence-electron chi connectivity index (χ1n) is 4.68. The van der Waals surface area contributed by atoms with E-state index < -0.39 is 0 Å². The molecule has 0 heterocycles. The van der Waals surface area contributed by atoms with Crippen LogP contribution in [0, 0.1) is 0 Å². The molecule has 1 aliphatic rings. The number of benzene rings is 1. The first kappa shape index (κ1) is 8.73. The minimum absolute atomic E-state index is 0.283. The van der Waals surface area contributed by atoms with Crippen LogP contribution >= 0.6 is 0 Å². The average molecular weight is 176 g/mol. The number of aliphatic hydroxyl groups excluding tert-OH is 1. The summed E-state index contributed by atoms with van der Waals surface area (Å²) in [5, 5.41) is 14.0. The van der Waals surface area contributed by atoms with Gasteiger partial charge in [0.2, 0.25) is 0 Å². The van der Waals surface area contributed by atoms with Crippen molar-refractivity contribution in [3.05, 3.63) is 35.4 Å². The zero-order chi connectivity index (χ0) is 9.26. The molecule has 0 bridgehead atoms. The molecule has 1 aliphatic carbocycles. The fourth-order valence-electron chi connectivity index (χ4n) is 2.01. The molecule has 69 valence electrons. The van der Waals surface area contributed by atoms with Crippen LogP contribution in [0.4, 0.5) is 0 Å². The predicted molar refractivity (Wildman–Crippen MR) is 51.4 cm³/mol. The average Bonchev–Trinajstić information content (AvgIpc) is 2.19. The first-order chi connectivity index (χ1) is 6.33. The molecule has 2 rings (SSSR count). The van der Waals surface area contributed by atoms with Crippen LogP contribution in [-0.2, 0) is 0 Å². The molecule has 1 aromatic rings. The van der Waals surface area contributed by atoms with Gasteiger partial charge in [-0.15, -0.1) is 0 Å². The summed E-state index contributed by atoms with van der Waals surface area (Å²) in [5.74, 6) is 0. The van der Waals surface area contributed by atoms with E-state index in [2.05, 4.69) is 11.4 Å². The fourth-order valence-corrected chi connectivity index (χ4v) is 2.01. The topological polar surface area (TPSA) is 34.3 Å². The Balaban J connectivity index is 2.42. The van der Waals surface area contributed by atoms with Gasteiger partial charge in [-0.1, -0.05) is 24.3 Å². The van der Waals surface area contributed by atoms with E-state index >= 15 is 0 Å². The lowest BCUT2D eigenvalue weighted by Gasteiger charge is -2.27. The maximum absolute atomic E-state index is 9.73. The Morgan fingerprint density at radius 2 is 1.92 bits per heavy atom. The van der Waals surface area contributed by atoms with Gasteiger partial charge < -0.3 is 5.11 Å². The minimum Gasteiger partial charge on any atom is -0.388 e. The van der Waals surface area contributed by atoms with Crippen molar-refractivity contribution in [3.63, 3.8) is 0 Å². The normalized spacial score (nSPS) is 26.9. The van der Waals surface area contributed by atoms with Gasteiger partial charge >= 0.3 is 0 Å². The SMILES string of the molecule is C[N]C1CCC(O)c2ccccc21. The van der Waals surface area contributed by atoms with Gasteiger partial charge in [0.25, 0.3) is 0 Å². The Bertz CT molecular complexity index is 298. The molecule has 13 heavy (non-hydrogen) atoms. The Morgan fingerprint density at radius 1 is 1.23 bits per heavy atom. The highest BCUT2D eigenvalue weighted by molar-refractivity contribution is 5.33. The van der Waals surface area contributed by atoms with E-state index in [9.17, 15) is 5.11 Å². The molecule has 0 spiro atoms. The van der Waals surface area contributed by atoms with Crippen molar-refractivity contribution in [1.29, 1.82) is 0 Å². The molecular weight excluding hydrogens is 162 g/mol. The molecule has 1 N–H and O–H groups in total. The molecule has 2 unspecified atom stereocenters. The highest BCUT2D eigenvalue weighted by atomic mass is 16.3. The van der Waals surface area contributed by atoms with Crippen LogP contribution in [-0.4, -0.2) is 12.2 Å². The zero-order valence-electron chi connectivity index (χ0n) is 7.77. The van der Waals surface area contributed by atoms with Crippen LogP contribution in [0.2, 0.25) is 0 Å². The van der Waals surface area contributed by atoms with Gasteiger partial charge in [-0.2, -0.15) is 0 Å². The molecule has 2 heteroatoms. The molecule has 0 amide bonds. The molecule has 0 saturated heterocycles. The summed E-state index contributed by atoms with van der Waals surface area (Å²) in [7, 11) is 1.85. The van der Waals surface area contributed by atoms with E-state index in [-0.39, 0.29) is 6.10 Å². The van der Waals surface area contributed by atoms with Crippen molar-refractivity contribution in [3.8, 4) is 0 Å². The van der Waals surface area contributed by atoms with Crippen LogP contribution in [0.5, 0.6) is 0 Å². The monoisotopic (exact) mass is 176 g/mol. The van der Waals surface area contributed by atoms with Crippen molar-refractivity contribution in [2.75, 3.05) is 7.05 Å². The van der Waals surface area contributed by atoms with Crippen molar-refractivity contribution < 1.29 is 5.11 Å². The lowest BCUT2D eigenvalue weighted by molar-refractivity contribution is 0.147. The summed E-state index contributed by atoms with van der Waals surface area (Å²) >= 11 is 0. The number of hydrogen-bond acceptors (Lipinski definition) is 1. The largest absolute Gasteiger partial charge is 0.388 e. The standard InChI is InChI=1S/C11H14NO/c1-12-10-6-7-11(13)9-5-3-2-4-8(9)10/h2-5,10-11,13H,6-7H2,1H3. The molecule has 1 aromatic carbocycles. The second-order valence-corrected chi connectivity index (χ2v) is 3.50. The highest BCUT2D eigenvalue weighted by Crippen LogP contribution is 2.35. The van der Waals surface area contributed by atoms with Crippen molar-refractivity contribution in [2.45, 2.75) is 25.0 Å². The highest BCUT2D eigenvalue weighted by Gasteiger charge is 2.24. The summed E-state index contributed by atoms with van der Waals surface area (Å²) in [6, 6.07) is 8.33. The van der Waals surface area contributed by atoms with Gasteiger partial charge in [-0.3, -0.25) is 0 Å². The maximum Gasteiger partial charge on any atom is 0.0794 e. The van der Waals surface area contributed by atoms with Gasteiger partial charge in [-0.25, -0.2) is 5.32 Å². The Kier molecular flexibility index (Phi) is 2.34. The Morgan fingerprint density at radius 3 is 2.62 bits per heavy atom. The third kappa shape index (κ3) is 1.47. The van der Waals surface area contributed by atoms with E-state index in [0.29, 0.717) is 6.04 Å². The Hall–Kier alpha value is -0.860. The lowest BCUT2D eigenvalue weighted by atomic mass is 9.86. The van der Waals surface area contributed by atoms with Gasteiger partial charge in [0.1, 0.15) is 0 Å².